The summed E-state index contributed by atoms with van der Waals surface area (Å²) in [7, 11) is 1.49. The van der Waals surface area contributed by atoms with Crippen LogP contribution in [0.2, 0.25) is 0 Å². The van der Waals surface area contributed by atoms with Crippen LogP contribution in [-0.4, -0.2) is 56.7 Å². The molecule has 0 saturated carbocycles. The van der Waals surface area contributed by atoms with Crippen molar-refractivity contribution < 1.29 is 32.6 Å². The average molecular weight is 495 g/mol. The van der Waals surface area contributed by atoms with E-state index in [0.29, 0.717) is 23.7 Å². The van der Waals surface area contributed by atoms with E-state index in [4.69, 9.17) is 21.1 Å². The van der Waals surface area contributed by atoms with Crippen LogP contribution in [0.25, 0.3) is 0 Å². The summed E-state index contributed by atoms with van der Waals surface area (Å²) in [6.07, 6.45) is 0.0375. The number of alkyl halides is 1. The number of benzene rings is 2. The van der Waals surface area contributed by atoms with E-state index in [-0.39, 0.29) is 34.9 Å². The van der Waals surface area contributed by atoms with Crippen LogP contribution in [0, 0.1) is 0 Å². The predicted molar refractivity (Wildman–Crippen MR) is 123 cm³/mol. The van der Waals surface area contributed by atoms with Gasteiger partial charge in [-0.2, -0.15) is 0 Å². The molecule has 9 nitrogen and oxygen atoms in total. The molecule has 0 aliphatic carbocycles. The number of methoxy groups -OCH3 is 1. The number of carbonyl (C=O) groups excluding carboxylic acids is 3. The third kappa shape index (κ3) is 5.18. The van der Waals surface area contributed by atoms with Crippen LogP contribution in [-0.2, 0) is 15.9 Å². The summed E-state index contributed by atoms with van der Waals surface area (Å²) in [6.45, 7) is 2.17. The van der Waals surface area contributed by atoms with Crippen LogP contribution in [0.4, 0.5) is 5.69 Å². The van der Waals surface area contributed by atoms with Crippen LogP contribution in [0.15, 0.2) is 36.4 Å². The van der Waals surface area contributed by atoms with Crippen molar-refractivity contribution in [2.45, 2.75) is 19.4 Å². The smallest absolute Gasteiger partial charge is 0.264 e. The SMILES string of the molecule is CCOc1cc(C(CCS(=O)O)N2C(=O)c3cccc(NC(=O)CCl)c3C2=O)ccc1OC. The molecule has 0 saturated heterocycles. The van der Waals surface area contributed by atoms with Gasteiger partial charge in [0, 0.05) is 0 Å². The molecule has 2 aromatic rings. The Hall–Kier alpha value is -2.95. The van der Waals surface area contributed by atoms with Crippen molar-refractivity contribution in [1.29, 1.82) is 0 Å². The van der Waals surface area contributed by atoms with Crippen LogP contribution < -0.4 is 14.8 Å². The molecule has 176 valence electrons. The number of nitrogens with zero attached hydrogens (tertiary/aromatic N) is 1. The van der Waals surface area contributed by atoms with E-state index in [0.717, 1.165) is 4.90 Å². The molecule has 33 heavy (non-hydrogen) atoms. The maximum absolute atomic E-state index is 13.4. The van der Waals surface area contributed by atoms with Gasteiger partial charge in [-0.3, -0.25) is 19.3 Å². The number of carbonyl (C=O) groups is 3. The molecule has 11 heteroatoms. The molecule has 0 fully saturated rings. The highest BCUT2D eigenvalue weighted by Gasteiger charge is 2.42. The van der Waals surface area contributed by atoms with Gasteiger partial charge in [0.15, 0.2) is 22.6 Å². The summed E-state index contributed by atoms with van der Waals surface area (Å²) < 4.78 is 31.7. The van der Waals surface area contributed by atoms with Crippen molar-refractivity contribution in [1.82, 2.24) is 4.90 Å². The molecule has 2 unspecified atom stereocenters. The molecule has 1 heterocycles. The van der Waals surface area contributed by atoms with Crippen molar-refractivity contribution in [2.75, 3.05) is 30.7 Å². The first-order valence-electron chi connectivity index (χ1n) is 10.1. The van der Waals surface area contributed by atoms with Crippen LogP contribution in [0.3, 0.4) is 0 Å². The molecule has 3 amide bonds. The molecule has 2 atom stereocenters. The minimum Gasteiger partial charge on any atom is -0.493 e. The molecule has 3 rings (SSSR count). The highest BCUT2D eigenvalue weighted by atomic mass is 35.5. The lowest BCUT2D eigenvalue weighted by atomic mass is 10.0. The normalized spacial score (nSPS) is 14.6. The van der Waals surface area contributed by atoms with E-state index in [1.807, 2.05) is 0 Å². The Labute approximate surface area is 198 Å². The maximum atomic E-state index is 13.4. The largest absolute Gasteiger partial charge is 0.493 e. The molecule has 2 N–H and O–H groups in total. The van der Waals surface area contributed by atoms with Gasteiger partial charge in [-0.15, -0.1) is 11.6 Å². The molecular formula is C22H23ClN2O7S. The summed E-state index contributed by atoms with van der Waals surface area (Å²) >= 11 is 3.43. The van der Waals surface area contributed by atoms with Crippen molar-refractivity contribution in [2.24, 2.45) is 0 Å². The third-order valence-electron chi connectivity index (χ3n) is 5.09. The number of hydrogen-bond donors (Lipinski definition) is 2. The lowest BCUT2D eigenvalue weighted by Gasteiger charge is -2.27. The van der Waals surface area contributed by atoms with E-state index in [1.54, 1.807) is 31.2 Å². The molecule has 2 aromatic carbocycles. The Bertz CT molecular complexity index is 1110. The van der Waals surface area contributed by atoms with E-state index in [2.05, 4.69) is 5.32 Å². The van der Waals surface area contributed by atoms with Gasteiger partial charge in [0.1, 0.15) is 5.88 Å². The third-order valence-corrected chi connectivity index (χ3v) is 5.92. The second kappa shape index (κ2) is 10.8. The van der Waals surface area contributed by atoms with Crippen molar-refractivity contribution >= 4 is 46.1 Å². The second-order valence-electron chi connectivity index (χ2n) is 7.06. The minimum absolute atomic E-state index is 0.0375. The standard InChI is InChI=1S/C22H23ClN2O7S/c1-3-32-18-11-13(7-8-17(18)31-2)16(9-10-33(29)30)25-21(27)14-5-4-6-15(20(14)22(25)28)24-19(26)12-23/h4-8,11,16H,3,9-10,12H2,1-2H3,(H,24,26)(H,29,30). The average Bonchev–Trinajstić information content (AvgIpc) is 3.05. The predicted octanol–water partition coefficient (Wildman–Crippen LogP) is 3.22. The molecule has 0 aromatic heterocycles. The van der Waals surface area contributed by atoms with E-state index in [1.165, 1.54) is 19.2 Å². The molecule has 0 bridgehead atoms. The zero-order chi connectivity index (χ0) is 24.1. The Kier molecular flexibility index (Phi) is 8.06. The highest BCUT2D eigenvalue weighted by molar-refractivity contribution is 7.79. The fourth-order valence-electron chi connectivity index (χ4n) is 3.70. The number of anilines is 1. The zero-order valence-corrected chi connectivity index (χ0v) is 19.6. The Balaban J connectivity index is 2.06. The van der Waals surface area contributed by atoms with E-state index in [9.17, 15) is 23.1 Å². The number of halogens is 1. The lowest BCUT2D eigenvalue weighted by Crippen LogP contribution is -2.35. The number of hydrogen-bond acceptors (Lipinski definition) is 6. The fourth-order valence-corrected chi connectivity index (χ4v) is 4.19. The number of imide groups is 1. The van der Waals surface area contributed by atoms with Gasteiger partial charge in [0.25, 0.3) is 11.8 Å². The fraction of sp³-hybridized carbons (Fsp3) is 0.318. The summed E-state index contributed by atoms with van der Waals surface area (Å²) in [5.41, 5.74) is 0.884. The van der Waals surface area contributed by atoms with Crippen molar-refractivity contribution in [3.8, 4) is 11.5 Å². The molecule has 1 aliphatic rings. The van der Waals surface area contributed by atoms with E-state index < -0.39 is 34.8 Å². The van der Waals surface area contributed by atoms with Gasteiger partial charge in [0.05, 0.1) is 42.3 Å². The van der Waals surface area contributed by atoms with Crippen molar-refractivity contribution in [3.05, 3.63) is 53.1 Å². The highest BCUT2D eigenvalue weighted by Crippen LogP contribution is 2.39. The Morgan fingerprint density at radius 1 is 1.21 bits per heavy atom. The molecule has 0 spiro atoms. The van der Waals surface area contributed by atoms with Gasteiger partial charge < -0.3 is 19.3 Å². The number of rotatable bonds is 10. The van der Waals surface area contributed by atoms with Crippen LogP contribution in [0.1, 0.15) is 45.7 Å². The van der Waals surface area contributed by atoms with Gasteiger partial charge in [-0.25, -0.2) is 4.21 Å². The number of nitrogens with one attached hydrogen (secondary N) is 1. The number of ether oxygens (including phenoxy) is 2. The topological polar surface area (TPSA) is 122 Å². The first-order valence-corrected chi connectivity index (χ1v) is 11.9. The Morgan fingerprint density at radius 3 is 2.61 bits per heavy atom. The summed E-state index contributed by atoms with van der Waals surface area (Å²) in [5, 5.41) is 2.54. The van der Waals surface area contributed by atoms with Gasteiger partial charge in [-0.1, -0.05) is 12.1 Å². The van der Waals surface area contributed by atoms with Gasteiger partial charge in [0.2, 0.25) is 5.91 Å². The van der Waals surface area contributed by atoms with Crippen LogP contribution in [0.5, 0.6) is 11.5 Å². The second-order valence-corrected chi connectivity index (χ2v) is 8.38. The van der Waals surface area contributed by atoms with Crippen LogP contribution >= 0.6 is 11.6 Å². The molecular weight excluding hydrogens is 472 g/mol. The van der Waals surface area contributed by atoms with E-state index >= 15 is 0 Å². The monoisotopic (exact) mass is 494 g/mol. The Morgan fingerprint density at radius 2 is 1.97 bits per heavy atom. The summed E-state index contributed by atoms with van der Waals surface area (Å²) in [4.78, 5) is 39.5. The zero-order valence-electron chi connectivity index (χ0n) is 18.0. The lowest BCUT2D eigenvalue weighted by molar-refractivity contribution is -0.113. The summed E-state index contributed by atoms with van der Waals surface area (Å²) in [6, 6.07) is 8.67. The number of fused-ring (bicyclic) bond motifs is 1. The minimum atomic E-state index is -2.14. The first-order chi connectivity index (χ1) is 15.8. The van der Waals surface area contributed by atoms with Gasteiger partial charge in [-0.05, 0) is 43.2 Å². The van der Waals surface area contributed by atoms with Gasteiger partial charge >= 0.3 is 0 Å². The van der Waals surface area contributed by atoms with Crippen molar-refractivity contribution in [3.63, 3.8) is 0 Å². The summed E-state index contributed by atoms with van der Waals surface area (Å²) in [5.74, 6) is -1.30. The number of amides is 3. The maximum Gasteiger partial charge on any atom is 0.264 e. The molecule has 0 radical (unpaired) electrons. The first kappa shape index (κ1) is 24.7. The quantitative estimate of drug-likeness (QED) is 0.295. The molecule has 1 aliphatic heterocycles.